The molecular formula is C15H22N2O4S. The Hall–Kier alpha value is -1.12. The van der Waals surface area contributed by atoms with Crippen LogP contribution < -0.4 is 10.6 Å². The second-order valence-corrected chi connectivity index (χ2v) is 6.31. The summed E-state index contributed by atoms with van der Waals surface area (Å²) in [5, 5.41) is 34.2. The Kier molecular flexibility index (Phi) is 6.66. The molecule has 1 aromatic rings. The maximum atomic E-state index is 11.8. The number of hydrogen-bond acceptors (Lipinski definition) is 6. The Morgan fingerprint density at radius 3 is 2.50 bits per heavy atom. The van der Waals surface area contributed by atoms with Gasteiger partial charge in [0.1, 0.15) is 0 Å². The maximum Gasteiger partial charge on any atom is 0.230 e. The molecule has 5 N–H and O–H groups in total. The summed E-state index contributed by atoms with van der Waals surface area (Å²) in [5.74, 6) is 0.991. The highest BCUT2D eigenvalue weighted by atomic mass is 32.2. The van der Waals surface area contributed by atoms with Crippen LogP contribution in [0.4, 0.5) is 0 Å². The number of carbonyl (C=O) groups is 1. The first-order valence-corrected chi connectivity index (χ1v) is 8.38. The number of carbonyl (C=O) groups excluding carboxylic acids is 1. The molecule has 4 atom stereocenters. The topological polar surface area (TPSA) is 102 Å². The first-order valence-electron chi connectivity index (χ1n) is 7.23. The fourth-order valence-corrected chi connectivity index (χ4v) is 3.22. The van der Waals surface area contributed by atoms with Crippen LogP contribution in [0, 0.1) is 0 Å². The number of aliphatic hydroxyl groups is 3. The van der Waals surface area contributed by atoms with Crippen LogP contribution in [0.5, 0.6) is 0 Å². The summed E-state index contributed by atoms with van der Waals surface area (Å²) in [6, 6.07) is 8.91. The molecule has 1 heterocycles. The molecule has 22 heavy (non-hydrogen) atoms. The van der Waals surface area contributed by atoms with Crippen molar-refractivity contribution in [3.63, 3.8) is 0 Å². The zero-order chi connectivity index (χ0) is 15.9. The van der Waals surface area contributed by atoms with Gasteiger partial charge in [-0.3, -0.25) is 4.79 Å². The van der Waals surface area contributed by atoms with Crippen LogP contribution in [0.25, 0.3) is 0 Å². The normalized spacial score (nSPS) is 27.8. The summed E-state index contributed by atoms with van der Waals surface area (Å²) in [4.78, 5) is 11.8. The zero-order valence-corrected chi connectivity index (χ0v) is 13.0. The Bertz CT molecular complexity index is 474. The Balaban J connectivity index is 1.66. The lowest BCUT2D eigenvalue weighted by Gasteiger charge is -2.16. The molecule has 7 heteroatoms. The highest BCUT2D eigenvalue weighted by Crippen LogP contribution is 2.14. The lowest BCUT2D eigenvalue weighted by atomic mass is 10.1. The van der Waals surface area contributed by atoms with Gasteiger partial charge in [-0.15, -0.1) is 11.8 Å². The van der Waals surface area contributed by atoms with Crippen LogP contribution in [-0.2, 0) is 10.5 Å². The molecule has 0 radical (unpaired) electrons. The van der Waals surface area contributed by atoms with Crippen LogP contribution in [0.2, 0.25) is 0 Å². The summed E-state index contributed by atoms with van der Waals surface area (Å²) in [5.41, 5.74) is 1.17. The molecule has 1 amide bonds. The predicted molar refractivity (Wildman–Crippen MR) is 85.4 cm³/mol. The summed E-state index contributed by atoms with van der Waals surface area (Å²) in [6.45, 7) is -0.0327. The number of benzene rings is 1. The van der Waals surface area contributed by atoms with Crippen molar-refractivity contribution in [2.24, 2.45) is 0 Å². The molecule has 1 aromatic carbocycles. The molecule has 0 aliphatic carbocycles. The highest BCUT2D eigenvalue weighted by molar-refractivity contribution is 7.99. The number of nitrogens with one attached hydrogen (secondary N) is 2. The smallest absolute Gasteiger partial charge is 0.230 e. The minimum atomic E-state index is -1.01. The van der Waals surface area contributed by atoms with Crippen molar-refractivity contribution in [3.8, 4) is 0 Å². The van der Waals surface area contributed by atoms with E-state index >= 15 is 0 Å². The molecule has 0 spiro atoms. The Morgan fingerprint density at radius 1 is 1.18 bits per heavy atom. The average Bonchev–Trinajstić information content (AvgIpc) is 2.81. The minimum Gasteiger partial charge on any atom is -0.395 e. The first kappa shape index (κ1) is 17.2. The number of rotatable bonds is 7. The molecule has 1 saturated heterocycles. The third-order valence-corrected chi connectivity index (χ3v) is 4.67. The summed E-state index contributed by atoms with van der Waals surface area (Å²) in [6.07, 6.45) is -2.01. The van der Waals surface area contributed by atoms with E-state index in [4.69, 9.17) is 5.11 Å². The highest BCUT2D eigenvalue weighted by Gasteiger charge is 2.40. The third-order valence-electron chi connectivity index (χ3n) is 3.66. The molecule has 1 aliphatic rings. The Morgan fingerprint density at radius 2 is 1.86 bits per heavy atom. The largest absolute Gasteiger partial charge is 0.395 e. The van der Waals surface area contributed by atoms with Crippen LogP contribution in [0.1, 0.15) is 5.56 Å². The van der Waals surface area contributed by atoms with E-state index < -0.39 is 24.3 Å². The number of aliphatic hydroxyl groups excluding tert-OH is 3. The summed E-state index contributed by atoms with van der Waals surface area (Å²) >= 11 is 1.52. The van der Waals surface area contributed by atoms with Gasteiger partial charge in [0.15, 0.2) is 0 Å². The lowest BCUT2D eigenvalue weighted by Crippen LogP contribution is -2.44. The third kappa shape index (κ3) is 4.69. The molecule has 1 fully saturated rings. The second kappa shape index (κ2) is 8.50. The van der Waals surface area contributed by atoms with Crippen LogP contribution in [0.3, 0.4) is 0 Å². The van der Waals surface area contributed by atoms with Gasteiger partial charge < -0.3 is 26.0 Å². The number of hydrogen-bond donors (Lipinski definition) is 5. The zero-order valence-electron chi connectivity index (χ0n) is 12.2. The van der Waals surface area contributed by atoms with Crippen LogP contribution in [-0.4, -0.2) is 64.4 Å². The second-order valence-electron chi connectivity index (χ2n) is 5.33. The Labute approximate surface area is 133 Å². The molecule has 0 bridgehead atoms. The van der Waals surface area contributed by atoms with Crippen molar-refractivity contribution < 1.29 is 20.1 Å². The van der Waals surface area contributed by atoms with Gasteiger partial charge >= 0.3 is 0 Å². The summed E-state index contributed by atoms with van der Waals surface area (Å²) in [7, 11) is 0. The minimum absolute atomic E-state index is 0.114. The van der Waals surface area contributed by atoms with Crippen LogP contribution >= 0.6 is 11.8 Å². The van der Waals surface area contributed by atoms with E-state index in [2.05, 4.69) is 10.6 Å². The summed E-state index contributed by atoms with van der Waals surface area (Å²) < 4.78 is 0. The predicted octanol–water partition coefficient (Wildman–Crippen LogP) is -0.909. The molecule has 1 aliphatic heterocycles. The number of thioether (sulfide) groups is 1. The van der Waals surface area contributed by atoms with E-state index in [0.717, 1.165) is 5.75 Å². The van der Waals surface area contributed by atoms with Gasteiger partial charge in [0.25, 0.3) is 0 Å². The first-order chi connectivity index (χ1) is 10.6. The van der Waals surface area contributed by atoms with Crippen molar-refractivity contribution >= 4 is 17.7 Å². The number of amides is 1. The van der Waals surface area contributed by atoms with Crippen molar-refractivity contribution in [1.82, 2.24) is 10.6 Å². The molecule has 0 aromatic heterocycles. The van der Waals surface area contributed by atoms with Gasteiger partial charge in [-0.2, -0.15) is 0 Å². The fourth-order valence-electron chi connectivity index (χ4n) is 2.40. The van der Waals surface area contributed by atoms with E-state index in [1.165, 1.54) is 17.3 Å². The molecular weight excluding hydrogens is 304 g/mol. The van der Waals surface area contributed by atoms with Gasteiger partial charge in [-0.1, -0.05) is 30.3 Å². The molecule has 0 saturated carbocycles. The van der Waals surface area contributed by atoms with E-state index in [9.17, 15) is 15.0 Å². The van der Waals surface area contributed by atoms with Crippen molar-refractivity contribution in [2.45, 2.75) is 30.0 Å². The van der Waals surface area contributed by atoms with Crippen molar-refractivity contribution in [3.05, 3.63) is 35.9 Å². The molecule has 0 unspecified atom stereocenters. The van der Waals surface area contributed by atoms with Gasteiger partial charge in [0.2, 0.25) is 5.91 Å². The monoisotopic (exact) mass is 326 g/mol. The SMILES string of the molecule is O=C(CSCc1ccccc1)NC[C@H]1N[C@H](CO)[C@H](O)[C@@H]1O. The van der Waals surface area contributed by atoms with Crippen molar-refractivity contribution in [2.75, 3.05) is 18.9 Å². The fraction of sp³-hybridized carbons (Fsp3) is 0.533. The van der Waals surface area contributed by atoms with E-state index in [1.54, 1.807) is 0 Å². The van der Waals surface area contributed by atoms with E-state index in [0.29, 0.717) is 5.75 Å². The van der Waals surface area contributed by atoms with Gasteiger partial charge in [-0.25, -0.2) is 0 Å². The standard InChI is InChI=1S/C15H22N2O4S/c18-7-12-15(21)14(20)11(17-12)6-16-13(19)9-22-8-10-4-2-1-3-5-10/h1-5,11-12,14-15,17-18,20-21H,6-9H2,(H,16,19)/t11-,12-,14-,15+/m1/s1. The van der Waals surface area contributed by atoms with Crippen LogP contribution in [0.15, 0.2) is 30.3 Å². The van der Waals surface area contributed by atoms with Gasteiger partial charge in [-0.05, 0) is 5.56 Å². The van der Waals surface area contributed by atoms with Gasteiger partial charge in [0.05, 0.1) is 36.7 Å². The average molecular weight is 326 g/mol. The van der Waals surface area contributed by atoms with Crippen molar-refractivity contribution in [1.29, 1.82) is 0 Å². The quantitative estimate of drug-likeness (QED) is 0.445. The van der Waals surface area contributed by atoms with Gasteiger partial charge in [0, 0.05) is 12.3 Å². The molecule has 2 rings (SSSR count). The molecule has 122 valence electrons. The molecule has 6 nitrogen and oxygen atoms in total. The lowest BCUT2D eigenvalue weighted by molar-refractivity contribution is -0.118. The van der Waals surface area contributed by atoms with E-state index in [1.807, 2.05) is 30.3 Å². The maximum absolute atomic E-state index is 11.8. The van der Waals surface area contributed by atoms with E-state index in [-0.39, 0.29) is 19.1 Å².